The molecule has 1 atom stereocenters. The highest BCUT2D eigenvalue weighted by molar-refractivity contribution is 9.10. The second-order valence-electron chi connectivity index (χ2n) is 5.33. The highest BCUT2D eigenvalue weighted by Gasteiger charge is 2.10. The van der Waals surface area contributed by atoms with E-state index in [9.17, 15) is 0 Å². The zero-order valence-corrected chi connectivity index (χ0v) is 13.5. The lowest BCUT2D eigenvalue weighted by Gasteiger charge is -2.14. The molecule has 0 radical (unpaired) electrons. The lowest BCUT2D eigenvalue weighted by molar-refractivity contribution is 0.703. The molecule has 2 aromatic carbocycles. The maximum absolute atomic E-state index is 6.37. The van der Waals surface area contributed by atoms with Gasteiger partial charge in [0, 0.05) is 28.8 Å². The summed E-state index contributed by atoms with van der Waals surface area (Å²) in [6.45, 7) is 2.08. The molecule has 1 aromatic heterocycles. The minimum atomic E-state index is -0.0355. The molecule has 3 aromatic rings. The summed E-state index contributed by atoms with van der Waals surface area (Å²) in [5.74, 6) is 0. The number of hydrogen-bond donors (Lipinski definition) is 1. The zero-order valence-electron chi connectivity index (χ0n) is 11.9. The first-order chi connectivity index (χ1) is 10.1. The Morgan fingerprint density at radius 1 is 1.10 bits per heavy atom. The molecule has 0 saturated heterocycles. The molecular formula is C18H17BrN2. The largest absolute Gasteiger partial charge is 0.324 e. The van der Waals surface area contributed by atoms with Crippen molar-refractivity contribution in [2.75, 3.05) is 0 Å². The van der Waals surface area contributed by atoms with Crippen LogP contribution < -0.4 is 5.73 Å². The van der Waals surface area contributed by atoms with Crippen molar-refractivity contribution in [1.82, 2.24) is 4.98 Å². The Balaban J connectivity index is 1.89. The summed E-state index contributed by atoms with van der Waals surface area (Å²) in [6, 6.07) is 16.7. The predicted octanol–water partition coefficient (Wildman–Crippen LogP) is 4.55. The maximum atomic E-state index is 6.37. The van der Waals surface area contributed by atoms with Gasteiger partial charge in [-0.05, 0) is 53.1 Å². The number of nitrogens with two attached hydrogens (primary N) is 1. The van der Waals surface area contributed by atoms with Crippen molar-refractivity contribution in [2.24, 2.45) is 5.73 Å². The molecule has 3 heteroatoms. The molecular weight excluding hydrogens is 324 g/mol. The van der Waals surface area contributed by atoms with E-state index in [0.717, 1.165) is 22.2 Å². The van der Waals surface area contributed by atoms with Gasteiger partial charge >= 0.3 is 0 Å². The van der Waals surface area contributed by atoms with Crippen LogP contribution in [0.4, 0.5) is 0 Å². The molecule has 0 amide bonds. The number of aryl methyl sites for hydroxylation is 1. The van der Waals surface area contributed by atoms with Gasteiger partial charge in [-0.3, -0.25) is 4.98 Å². The number of nitrogens with zero attached hydrogens (tertiary/aromatic N) is 1. The van der Waals surface area contributed by atoms with E-state index in [1.807, 2.05) is 12.3 Å². The van der Waals surface area contributed by atoms with E-state index in [0.29, 0.717) is 0 Å². The Labute approximate surface area is 133 Å². The van der Waals surface area contributed by atoms with Crippen molar-refractivity contribution in [2.45, 2.75) is 19.4 Å². The molecule has 1 unspecified atom stereocenters. The fraction of sp³-hybridized carbons (Fsp3) is 0.167. The maximum Gasteiger partial charge on any atom is 0.0451 e. The molecule has 2 N–H and O–H groups in total. The predicted molar refractivity (Wildman–Crippen MR) is 91.3 cm³/mol. The first-order valence-electron chi connectivity index (χ1n) is 6.99. The van der Waals surface area contributed by atoms with Crippen molar-refractivity contribution < 1.29 is 0 Å². The Morgan fingerprint density at radius 3 is 2.67 bits per heavy atom. The topological polar surface area (TPSA) is 38.9 Å². The molecule has 1 heterocycles. The van der Waals surface area contributed by atoms with E-state index in [2.05, 4.69) is 70.3 Å². The summed E-state index contributed by atoms with van der Waals surface area (Å²) < 4.78 is 1.09. The average Bonchev–Trinajstić information content (AvgIpc) is 2.49. The summed E-state index contributed by atoms with van der Waals surface area (Å²) in [7, 11) is 0. The number of rotatable bonds is 3. The van der Waals surface area contributed by atoms with Crippen LogP contribution >= 0.6 is 15.9 Å². The molecule has 0 aliphatic heterocycles. The van der Waals surface area contributed by atoms with E-state index in [-0.39, 0.29) is 6.04 Å². The minimum Gasteiger partial charge on any atom is -0.324 e. The summed E-state index contributed by atoms with van der Waals surface area (Å²) in [5.41, 5.74) is 9.78. The van der Waals surface area contributed by atoms with Crippen LogP contribution in [-0.2, 0) is 6.42 Å². The van der Waals surface area contributed by atoms with Crippen molar-refractivity contribution >= 4 is 26.7 Å². The quantitative estimate of drug-likeness (QED) is 0.759. The Kier molecular flexibility index (Phi) is 4.04. The summed E-state index contributed by atoms with van der Waals surface area (Å²) >= 11 is 3.50. The second-order valence-corrected chi connectivity index (χ2v) is 6.24. The van der Waals surface area contributed by atoms with Gasteiger partial charge in [-0.2, -0.15) is 0 Å². The zero-order chi connectivity index (χ0) is 14.8. The van der Waals surface area contributed by atoms with Crippen LogP contribution in [0.25, 0.3) is 10.8 Å². The van der Waals surface area contributed by atoms with E-state index < -0.39 is 0 Å². The third-order valence-corrected chi connectivity index (χ3v) is 4.28. The summed E-state index contributed by atoms with van der Waals surface area (Å²) in [5, 5.41) is 2.43. The van der Waals surface area contributed by atoms with Crippen LogP contribution in [0, 0.1) is 6.92 Å². The van der Waals surface area contributed by atoms with Crippen LogP contribution in [0.3, 0.4) is 0 Å². The number of benzene rings is 2. The molecule has 0 bridgehead atoms. The number of halogens is 1. The van der Waals surface area contributed by atoms with Crippen molar-refractivity contribution in [3.63, 3.8) is 0 Å². The molecule has 0 saturated carbocycles. The lowest BCUT2D eigenvalue weighted by atomic mass is 9.98. The van der Waals surface area contributed by atoms with E-state index in [1.54, 1.807) is 0 Å². The fourth-order valence-corrected chi connectivity index (χ4v) is 2.90. The number of aromatic nitrogens is 1. The number of pyridine rings is 1. The van der Waals surface area contributed by atoms with Crippen molar-refractivity contribution in [1.29, 1.82) is 0 Å². The number of fused-ring (bicyclic) bond motifs is 1. The molecule has 0 aliphatic rings. The standard InChI is InChI=1S/C18H17BrN2/c1-12-3-2-8-21-18(12)11-17(20)15-5-4-14-10-16(19)7-6-13(14)9-15/h2-10,17H,11,20H2,1H3. The van der Waals surface area contributed by atoms with Crippen molar-refractivity contribution in [3.8, 4) is 0 Å². The van der Waals surface area contributed by atoms with Gasteiger partial charge in [-0.25, -0.2) is 0 Å². The van der Waals surface area contributed by atoms with Gasteiger partial charge in [0.15, 0.2) is 0 Å². The van der Waals surface area contributed by atoms with Gasteiger partial charge in [0.1, 0.15) is 0 Å². The van der Waals surface area contributed by atoms with Gasteiger partial charge in [-0.1, -0.05) is 40.2 Å². The van der Waals surface area contributed by atoms with Gasteiger partial charge < -0.3 is 5.73 Å². The smallest absolute Gasteiger partial charge is 0.0451 e. The summed E-state index contributed by atoms with van der Waals surface area (Å²) in [4.78, 5) is 4.43. The molecule has 0 aliphatic carbocycles. The highest BCUT2D eigenvalue weighted by Crippen LogP contribution is 2.24. The molecule has 3 rings (SSSR count). The van der Waals surface area contributed by atoms with Crippen LogP contribution in [0.2, 0.25) is 0 Å². The normalized spacial score (nSPS) is 12.5. The first kappa shape index (κ1) is 14.2. The Morgan fingerprint density at radius 2 is 1.86 bits per heavy atom. The molecule has 106 valence electrons. The highest BCUT2D eigenvalue weighted by atomic mass is 79.9. The Bertz CT molecular complexity index is 783. The van der Waals surface area contributed by atoms with Gasteiger partial charge in [-0.15, -0.1) is 0 Å². The molecule has 21 heavy (non-hydrogen) atoms. The third kappa shape index (κ3) is 3.14. The van der Waals surface area contributed by atoms with Gasteiger partial charge in [0.2, 0.25) is 0 Å². The third-order valence-electron chi connectivity index (χ3n) is 3.79. The second kappa shape index (κ2) is 5.96. The molecule has 2 nitrogen and oxygen atoms in total. The minimum absolute atomic E-state index is 0.0355. The van der Waals surface area contributed by atoms with Crippen LogP contribution in [0.15, 0.2) is 59.2 Å². The summed E-state index contributed by atoms with van der Waals surface area (Å²) in [6.07, 6.45) is 2.58. The monoisotopic (exact) mass is 340 g/mol. The fourth-order valence-electron chi connectivity index (χ4n) is 2.52. The average molecular weight is 341 g/mol. The number of hydrogen-bond acceptors (Lipinski definition) is 2. The van der Waals surface area contributed by atoms with Gasteiger partial charge in [0.05, 0.1) is 0 Å². The van der Waals surface area contributed by atoms with E-state index in [1.165, 1.54) is 16.3 Å². The molecule has 0 fully saturated rings. The van der Waals surface area contributed by atoms with Crippen LogP contribution in [0.1, 0.15) is 22.9 Å². The van der Waals surface area contributed by atoms with E-state index in [4.69, 9.17) is 5.73 Å². The van der Waals surface area contributed by atoms with E-state index >= 15 is 0 Å². The SMILES string of the molecule is Cc1cccnc1CC(N)c1ccc2cc(Br)ccc2c1. The van der Waals surface area contributed by atoms with Crippen molar-refractivity contribution in [3.05, 3.63) is 76.0 Å². The van der Waals surface area contributed by atoms with Crippen LogP contribution in [-0.4, -0.2) is 4.98 Å². The Hall–Kier alpha value is -1.71. The lowest BCUT2D eigenvalue weighted by Crippen LogP contribution is -2.14. The van der Waals surface area contributed by atoms with Gasteiger partial charge in [0.25, 0.3) is 0 Å². The molecule has 0 spiro atoms. The first-order valence-corrected chi connectivity index (χ1v) is 7.78. The van der Waals surface area contributed by atoms with Crippen LogP contribution in [0.5, 0.6) is 0 Å².